The zero-order chi connectivity index (χ0) is 18.2. The lowest BCUT2D eigenvalue weighted by molar-refractivity contribution is -0.314. The Morgan fingerprint density at radius 3 is 2.33 bits per heavy atom. The number of hydrogen-bond donors (Lipinski definition) is 0. The Balaban J connectivity index is 1.53. The summed E-state index contributed by atoms with van der Waals surface area (Å²) in [7, 11) is 1.64. The highest BCUT2D eigenvalue weighted by Gasteiger charge is 2.50. The van der Waals surface area contributed by atoms with Crippen LogP contribution in [-0.4, -0.2) is 44.9 Å². The summed E-state index contributed by atoms with van der Waals surface area (Å²) in [6, 6.07) is 20.3. The first-order valence-corrected chi connectivity index (χ1v) is 9.25. The lowest BCUT2D eigenvalue weighted by Crippen LogP contribution is -2.54. The molecule has 0 amide bonds. The fourth-order valence-electron chi connectivity index (χ4n) is 4.09. The predicted molar refractivity (Wildman–Crippen MR) is 98.8 cm³/mol. The molecule has 0 bridgehead atoms. The van der Waals surface area contributed by atoms with Crippen LogP contribution in [0.1, 0.15) is 17.4 Å². The van der Waals surface area contributed by atoms with Gasteiger partial charge in [-0.15, -0.1) is 0 Å². The Morgan fingerprint density at radius 1 is 0.852 bits per heavy atom. The number of fused-ring (bicyclic) bond motifs is 3. The minimum Gasteiger partial charge on any atom is -0.364 e. The van der Waals surface area contributed by atoms with E-state index >= 15 is 0 Å². The van der Waals surface area contributed by atoms with Crippen LogP contribution in [-0.2, 0) is 23.7 Å². The predicted octanol–water partition coefficient (Wildman–Crippen LogP) is 3.32. The molecule has 0 spiro atoms. The Bertz CT molecular complexity index is 819. The molecule has 3 aliphatic rings. The molecule has 2 aromatic carbocycles. The lowest BCUT2D eigenvalue weighted by Gasteiger charge is -2.44. The zero-order valence-corrected chi connectivity index (χ0v) is 15.1. The van der Waals surface area contributed by atoms with E-state index in [1.165, 1.54) is 0 Å². The largest absolute Gasteiger partial charge is 0.364 e. The molecule has 0 saturated carbocycles. The molecule has 5 nitrogen and oxygen atoms in total. The van der Waals surface area contributed by atoms with Crippen molar-refractivity contribution >= 4 is 5.57 Å². The highest BCUT2D eigenvalue weighted by Crippen LogP contribution is 2.44. The normalized spacial score (nSPS) is 32.9. The van der Waals surface area contributed by atoms with E-state index in [0.717, 1.165) is 22.3 Å². The van der Waals surface area contributed by atoms with Gasteiger partial charge in [0, 0.05) is 18.2 Å². The average Bonchev–Trinajstić information content (AvgIpc) is 3.20. The molecule has 2 saturated heterocycles. The summed E-state index contributed by atoms with van der Waals surface area (Å²) in [5.41, 5.74) is 4.43. The lowest BCUT2D eigenvalue weighted by atomic mass is 9.89. The molecule has 0 N–H and O–H groups in total. The molecular formula is C22H22O5. The topological polar surface area (TPSA) is 46.2 Å². The van der Waals surface area contributed by atoms with E-state index in [2.05, 4.69) is 12.1 Å². The van der Waals surface area contributed by atoms with Crippen LogP contribution in [0.25, 0.3) is 5.57 Å². The first-order valence-electron chi connectivity index (χ1n) is 9.25. The fourth-order valence-corrected chi connectivity index (χ4v) is 4.09. The van der Waals surface area contributed by atoms with Gasteiger partial charge < -0.3 is 23.7 Å². The SMILES string of the molecule is CO[C@H]1O[C@@H]2CO[C@H](c3ccccc3)O[C@@H]2C2=C(c3ccccc3)CO[C@H]21. The third-order valence-corrected chi connectivity index (χ3v) is 5.37. The third kappa shape index (κ3) is 3.02. The van der Waals surface area contributed by atoms with Crippen molar-refractivity contribution in [1.29, 1.82) is 0 Å². The maximum atomic E-state index is 6.39. The molecule has 140 valence electrons. The second-order valence-corrected chi connectivity index (χ2v) is 6.94. The van der Waals surface area contributed by atoms with Crippen LogP contribution >= 0.6 is 0 Å². The third-order valence-electron chi connectivity index (χ3n) is 5.37. The summed E-state index contributed by atoms with van der Waals surface area (Å²) < 4.78 is 30.1. The van der Waals surface area contributed by atoms with Crippen LogP contribution in [0.2, 0.25) is 0 Å². The van der Waals surface area contributed by atoms with Gasteiger partial charge in [-0.2, -0.15) is 0 Å². The van der Waals surface area contributed by atoms with Crippen LogP contribution in [0.4, 0.5) is 0 Å². The van der Waals surface area contributed by atoms with Crippen LogP contribution < -0.4 is 0 Å². The minimum atomic E-state index is -0.456. The summed E-state index contributed by atoms with van der Waals surface area (Å²) in [6.45, 7) is 0.971. The van der Waals surface area contributed by atoms with E-state index in [-0.39, 0.29) is 18.3 Å². The molecule has 27 heavy (non-hydrogen) atoms. The van der Waals surface area contributed by atoms with Gasteiger partial charge in [-0.25, -0.2) is 0 Å². The number of ether oxygens (including phenoxy) is 5. The molecule has 3 aliphatic heterocycles. The number of hydrogen-bond acceptors (Lipinski definition) is 5. The number of benzene rings is 2. The van der Waals surface area contributed by atoms with Crippen LogP contribution in [0, 0.1) is 0 Å². The minimum absolute atomic E-state index is 0.221. The fraction of sp³-hybridized carbons (Fsp3) is 0.364. The molecule has 5 heteroatoms. The molecule has 5 atom stereocenters. The first-order chi connectivity index (χ1) is 13.3. The number of methoxy groups -OCH3 is 1. The van der Waals surface area contributed by atoms with Crippen LogP contribution in [0.5, 0.6) is 0 Å². The first kappa shape index (κ1) is 17.1. The maximum absolute atomic E-state index is 6.39. The number of rotatable bonds is 3. The molecule has 0 unspecified atom stereocenters. The Kier molecular flexibility index (Phi) is 4.55. The van der Waals surface area contributed by atoms with Crippen molar-refractivity contribution < 1.29 is 23.7 Å². The van der Waals surface area contributed by atoms with Crippen molar-refractivity contribution in [2.24, 2.45) is 0 Å². The van der Waals surface area contributed by atoms with Crippen LogP contribution in [0.3, 0.4) is 0 Å². The standard InChI is InChI=1S/C22H22O5/c1-23-22-20-18(16(12-24-20)14-8-4-2-5-9-14)19-17(26-22)13-25-21(27-19)15-10-6-3-7-11-15/h2-11,17,19-22H,12-13H2,1H3/t17-,19+,20-,21+,22+/m1/s1. The van der Waals surface area contributed by atoms with Gasteiger partial charge >= 0.3 is 0 Å². The van der Waals surface area contributed by atoms with Crippen molar-refractivity contribution in [2.75, 3.05) is 20.3 Å². The van der Waals surface area contributed by atoms with Gasteiger partial charge in [0.25, 0.3) is 0 Å². The summed E-state index contributed by atoms with van der Waals surface area (Å²) in [6.07, 6.45) is -1.58. The Morgan fingerprint density at radius 2 is 1.59 bits per heavy atom. The van der Waals surface area contributed by atoms with Gasteiger partial charge in [-0.1, -0.05) is 60.7 Å². The molecule has 0 aromatic heterocycles. The molecule has 2 aromatic rings. The van der Waals surface area contributed by atoms with E-state index in [4.69, 9.17) is 23.7 Å². The van der Waals surface area contributed by atoms with Crippen molar-refractivity contribution in [2.45, 2.75) is 30.9 Å². The highest BCUT2D eigenvalue weighted by molar-refractivity contribution is 5.73. The van der Waals surface area contributed by atoms with Gasteiger partial charge in [-0.05, 0) is 11.1 Å². The smallest absolute Gasteiger partial charge is 0.188 e. The Hall–Kier alpha value is -2.02. The molecule has 0 radical (unpaired) electrons. The Labute approximate surface area is 158 Å². The second kappa shape index (κ2) is 7.19. The van der Waals surface area contributed by atoms with Crippen molar-refractivity contribution in [3.8, 4) is 0 Å². The van der Waals surface area contributed by atoms with Crippen LogP contribution in [0.15, 0.2) is 66.2 Å². The molecule has 3 heterocycles. The maximum Gasteiger partial charge on any atom is 0.188 e. The molecule has 0 aliphatic carbocycles. The highest BCUT2D eigenvalue weighted by atomic mass is 16.7. The summed E-state index contributed by atoms with van der Waals surface area (Å²) >= 11 is 0. The van der Waals surface area contributed by atoms with Gasteiger partial charge in [0.05, 0.1) is 13.2 Å². The van der Waals surface area contributed by atoms with Gasteiger partial charge in [0.2, 0.25) is 0 Å². The second-order valence-electron chi connectivity index (χ2n) is 6.94. The average molecular weight is 366 g/mol. The molecule has 5 rings (SSSR count). The van der Waals surface area contributed by atoms with Gasteiger partial charge in [-0.3, -0.25) is 0 Å². The van der Waals surface area contributed by atoms with Crippen molar-refractivity contribution in [3.63, 3.8) is 0 Å². The van der Waals surface area contributed by atoms with Gasteiger partial charge in [0.1, 0.15) is 18.3 Å². The van der Waals surface area contributed by atoms with Crippen molar-refractivity contribution in [3.05, 3.63) is 77.4 Å². The summed E-state index contributed by atoms with van der Waals surface area (Å²) in [5, 5.41) is 0. The monoisotopic (exact) mass is 366 g/mol. The van der Waals surface area contributed by atoms with E-state index in [1.807, 2.05) is 48.5 Å². The van der Waals surface area contributed by atoms with E-state index in [0.29, 0.717) is 13.2 Å². The molecular weight excluding hydrogens is 344 g/mol. The summed E-state index contributed by atoms with van der Waals surface area (Å²) in [4.78, 5) is 0. The quantitative estimate of drug-likeness (QED) is 0.834. The van der Waals surface area contributed by atoms with E-state index in [9.17, 15) is 0 Å². The van der Waals surface area contributed by atoms with Crippen molar-refractivity contribution in [1.82, 2.24) is 0 Å². The molecule has 2 fully saturated rings. The van der Waals surface area contributed by atoms with E-state index in [1.54, 1.807) is 7.11 Å². The van der Waals surface area contributed by atoms with Gasteiger partial charge in [0.15, 0.2) is 12.6 Å². The summed E-state index contributed by atoms with van der Waals surface area (Å²) in [5.74, 6) is 0. The van der Waals surface area contributed by atoms with E-state index < -0.39 is 12.6 Å². The zero-order valence-electron chi connectivity index (χ0n) is 15.1.